The Morgan fingerprint density at radius 1 is 1.11 bits per heavy atom. The normalized spacial score (nSPS) is 10.1. The molecule has 2 aromatic rings. The smallest absolute Gasteiger partial charge is 0.356 e. The third-order valence-corrected chi connectivity index (χ3v) is 2.60. The van der Waals surface area contributed by atoms with E-state index in [4.69, 9.17) is 4.74 Å². The van der Waals surface area contributed by atoms with E-state index in [0.29, 0.717) is 11.5 Å². The van der Waals surface area contributed by atoms with Crippen LogP contribution in [0.2, 0.25) is 0 Å². The van der Waals surface area contributed by atoms with E-state index in [2.05, 4.69) is 14.7 Å². The highest BCUT2D eigenvalue weighted by molar-refractivity contribution is 5.87. The fourth-order valence-corrected chi connectivity index (χ4v) is 1.65. The van der Waals surface area contributed by atoms with Gasteiger partial charge in [-0.25, -0.2) is 14.8 Å². The van der Waals surface area contributed by atoms with Gasteiger partial charge in [0, 0.05) is 11.3 Å². The Bertz CT molecular complexity index is 594. The van der Waals surface area contributed by atoms with E-state index < -0.39 is 5.97 Å². The molecule has 5 heteroatoms. The van der Waals surface area contributed by atoms with Gasteiger partial charge in [-0.05, 0) is 37.3 Å². The van der Waals surface area contributed by atoms with Crippen LogP contribution in [0.15, 0.2) is 30.3 Å². The molecule has 0 spiro atoms. The van der Waals surface area contributed by atoms with Crippen LogP contribution in [-0.2, 0) is 4.74 Å². The van der Waals surface area contributed by atoms with Gasteiger partial charge < -0.3 is 9.47 Å². The summed E-state index contributed by atoms with van der Waals surface area (Å²) in [6, 6.07) is 8.92. The minimum Gasteiger partial charge on any atom is -0.497 e. The monoisotopic (exact) mass is 258 g/mol. The quantitative estimate of drug-likeness (QED) is 0.790. The molecule has 0 fully saturated rings. The molecule has 0 aliphatic carbocycles. The molecule has 0 saturated heterocycles. The second kappa shape index (κ2) is 5.48. The van der Waals surface area contributed by atoms with E-state index in [9.17, 15) is 4.79 Å². The minimum atomic E-state index is -0.472. The van der Waals surface area contributed by atoms with Crippen molar-refractivity contribution < 1.29 is 14.3 Å². The molecule has 1 aromatic heterocycles. The Labute approximate surface area is 111 Å². The lowest BCUT2D eigenvalue weighted by Gasteiger charge is -2.05. The van der Waals surface area contributed by atoms with Crippen LogP contribution in [0.25, 0.3) is 11.4 Å². The van der Waals surface area contributed by atoms with Crippen molar-refractivity contribution in [3.05, 3.63) is 41.7 Å². The van der Waals surface area contributed by atoms with Crippen molar-refractivity contribution in [3.63, 3.8) is 0 Å². The molecule has 0 unspecified atom stereocenters. The number of benzene rings is 1. The molecule has 0 amide bonds. The van der Waals surface area contributed by atoms with E-state index in [-0.39, 0.29) is 5.69 Å². The number of carbonyl (C=O) groups excluding carboxylic acids is 1. The number of aromatic nitrogens is 2. The Kier molecular flexibility index (Phi) is 3.75. The van der Waals surface area contributed by atoms with Crippen LogP contribution in [0, 0.1) is 6.92 Å². The molecule has 2 rings (SSSR count). The molecule has 0 bridgehead atoms. The molecule has 19 heavy (non-hydrogen) atoms. The number of hydrogen-bond acceptors (Lipinski definition) is 5. The zero-order chi connectivity index (χ0) is 13.8. The summed E-state index contributed by atoms with van der Waals surface area (Å²) in [5, 5.41) is 0. The largest absolute Gasteiger partial charge is 0.497 e. The van der Waals surface area contributed by atoms with Gasteiger partial charge in [-0.15, -0.1) is 0 Å². The third kappa shape index (κ3) is 2.88. The number of rotatable bonds is 3. The van der Waals surface area contributed by atoms with Gasteiger partial charge in [0.25, 0.3) is 0 Å². The van der Waals surface area contributed by atoms with E-state index in [1.807, 2.05) is 24.3 Å². The second-order valence-electron chi connectivity index (χ2n) is 3.94. The first kappa shape index (κ1) is 13.0. The molecular weight excluding hydrogens is 244 g/mol. The minimum absolute atomic E-state index is 0.251. The van der Waals surface area contributed by atoms with Crippen LogP contribution >= 0.6 is 0 Å². The molecular formula is C14H14N2O3. The van der Waals surface area contributed by atoms with Crippen LogP contribution in [0.4, 0.5) is 0 Å². The number of nitrogens with zero attached hydrogens (tertiary/aromatic N) is 2. The molecule has 0 radical (unpaired) electrons. The van der Waals surface area contributed by atoms with Crippen LogP contribution < -0.4 is 4.74 Å². The molecule has 0 atom stereocenters. The van der Waals surface area contributed by atoms with Crippen molar-refractivity contribution in [2.75, 3.05) is 14.2 Å². The van der Waals surface area contributed by atoms with Gasteiger partial charge in [0.1, 0.15) is 5.75 Å². The Morgan fingerprint density at radius 3 is 2.37 bits per heavy atom. The summed E-state index contributed by atoms with van der Waals surface area (Å²) in [4.78, 5) is 20.0. The maximum absolute atomic E-state index is 11.5. The summed E-state index contributed by atoms with van der Waals surface area (Å²) >= 11 is 0. The highest BCUT2D eigenvalue weighted by Crippen LogP contribution is 2.20. The van der Waals surface area contributed by atoms with Gasteiger partial charge in [0.15, 0.2) is 11.5 Å². The molecule has 1 heterocycles. The number of esters is 1. The predicted molar refractivity (Wildman–Crippen MR) is 70.1 cm³/mol. The predicted octanol–water partition coefficient (Wildman–Crippen LogP) is 2.25. The van der Waals surface area contributed by atoms with Crippen LogP contribution in [-0.4, -0.2) is 30.2 Å². The molecule has 0 N–H and O–H groups in total. The van der Waals surface area contributed by atoms with Crippen molar-refractivity contribution in [2.45, 2.75) is 6.92 Å². The topological polar surface area (TPSA) is 61.3 Å². The second-order valence-corrected chi connectivity index (χ2v) is 3.94. The number of carbonyl (C=O) groups is 1. The summed E-state index contributed by atoms with van der Waals surface area (Å²) in [5.74, 6) is 0.771. The standard InChI is InChI=1S/C14H14N2O3/c1-9-8-12(14(17)19-3)16-13(15-9)10-4-6-11(18-2)7-5-10/h4-8H,1-3H3. The zero-order valence-electron chi connectivity index (χ0n) is 11.0. The maximum atomic E-state index is 11.5. The van der Waals surface area contributed by atoms with Gasteiger partial charge in [-0.1, -0.05) is 0 Å². The highest BCUT2D eigenvalue weighted by atomic mass is 16.5. The molecule has 0 saturated carbocycles. The van der Waals surface area contributed by atoms with Gasteiger partial charge in [-0.3, -0.25) is 0 Å². The summed E-state index contributed by atoms with van der Waals surface area (Å²) in [6.07, 6.45) is 0. The Hall–Kier alpha value is -2.43. The van der Waals surface area contributed by atoms with Crippen LogP contribution in [0.5, 0.6) is 5.75 Å². The number of ether oxygens (including phenoxy) is 2. The molecule has 5 nitrogen and oxygen atoms in total. The highest BCUT2D eigenvalue weighted by Gasteiger charge is 2.11. The van der Waals surface area contributed by atoms with Crippen molar-refractivity contribution in [3.8, 4) is 17.1 Å². The van der Waals surface area contributed by atoms with E-state index in [1.165, 1.54) is 7.11 Å². The lowest BCUT2D eigenvalue weighted by molar-refractivity contribution is 0.0594. The lowest BCUT2D eigenvalue weighted by atomic mass is 10.2. The Morgan fingerprint density at radius 2 is 1.79 bits per heavy atom. The van der Waals surface area contributed by atoms with Crippen molar-refractivity contribution in [1.29, 1.82) is 0 Å². The maximum Gasteiger partial charge on any atom is 0.356 e. The van der Waals surface area contributed by atoms with Gasteiger partial charge in [0.05, 0.1) is 14.2 Å². The van der Waals surface area contributed by atoms with Crippen molar-refractivity contribution >= 4 is 5.97 Å². The fraction of sp³-hybridized carbons (Fsp3) is 0.214. The van der Waals surface area contributed by atoms with Gasteiger partial charge in [0.2, 0.25) is 0 Å². The number of aryl methyl sites for hydroxylation is 1. The first-order valence-corrected chi connectivity index (χ1v) is 5.72. The zero-order valence-corrected chi connectivity index (χ0v) is 11.0. The van der Waals surface area contributed by atoms with Crippen LogP contribution in [0.1, 0.15) is 16.2 Å². The van der Waals surface area contributed by atoms with Crippen molar-refractivity contribution in [2.24, 2.45) is 0 Å². The van der Waals surface area contributed by atoms with E-state index in [1.54, 1.807) is 20.1 Å². The fourth-order valence-electron chi connectivity index (χ4n) is 1.65. The summed E-state index contributed by atoms with van der Waals surface area (Å²) in [5.41, 5.74) is 1.77. The first-order chi connectivity index (χ1) is 9.13. The summed E-state index contributed by atoms with van der Waals surface area (Å²) in [6.45, 7) is 1.81. The third-order valence-electron chi connectivity index (χ3n) is 2.60. The lowest BCUT2D eigenvalue weighted by Crippen LogP contribution is -2.07. The van der Waals surface area contributed by atoms with Crippen LogP contribution in [0.3, 0.4) is 0 Å². The van der Waals surface area contributed by atoms with Gasteiger partial charge >= 0.3 is 5.97 Å². The average molecular weight is 258 g/mol. The van der Waals surface area contributed by atoms with Gasteiger partial charge in [-0.2, -0.15) is 0 Å². The Balaban J connectivity index is 2.43. The summed E-state index contributed by atoms with van der Waals surface area (Å²) in [7, 11) is 2.93. The summed E-state index contributed by atoms with van der Waals surface area (Å²) < 4.78 is 9.76. The van der Waals surface area contributed by atoms with E-state index >= 15 is 0 Å². The molecule has 98 valence electrons. The first-order valence-electron chi connectivity index (χ1n) is 5.72. The molecule has 1 aromatic carbocycles. The SMILES string of the molecule is COC(=O)c1cc(C)nc(-c2ccc(OC)cc2)n1. The van der Waals surface area contributed by atoms with E-state index in [0.717, 1.165) is 11.3 Å². The molecule has 0 aliphatic rings. The average Bonchev–Trinajstić information content (AvgIpc) is 2.45. The van der Waals surface area contributed by atoms with Crippen molar-refractivity contribution in [1.82, 2.24) is 9.97 Å². The number of hydrogen-bond donors (Lipinski definition) is 0. The molecule has 0 aliphatic heterocycles. The number of methoxy groups -OCH3 is 2.